The van der Waals surface area contributed by atoms with Crippen LogP contribution in [0.5, 0.6) is 0 Å². The van der Waals surface area contributed by atoms with E-state index >= 15 is 0 Å². The lowest BCUT2D eigenvalue weighted by molar-refractivity contribution is -0.115. The van der Waals surface area contributed by atoms with Crippen molar-refractivity contribution in [3.8, 4) is 17.1 Å². The molecule has 6 nitrogen and oxygen atoms in total. The quantitative estimate of drug-likeness (QED) is 0.376. The van der Waals surface area contributed by atoms with Crippen molar-refractivity contribution in [3.05, 3.63) is 83.4 Å². The van der Waals surface area contributed by atoms with Crippen molar-refractivity contribution >= 4 is 35.0 Å². The molecular formula is C23H19ClFN5OS. The van der Waals surface area contributed by atoms with Gasteiger partial charge in [0.05, 0.1) is 10.9 Å². The molecule has 4 aromatic rings. The van der Waals surface area contributed by atoms with E-state index in [9.17, 15) is 9.18 Å². The number of amides is 1. The maximum atomic E-state index is 14.1. The van der Waals surface area contributed by atoms with Crippen LogP contribution in [0.2, 0.25) is 5.02 Å². The van der Waals surface area contributed by atoms with Crippen molar-refractivity contribution in [2.45, 2.75) is 24.3 Å². The first-order valence-electron chi connectivity index (χ1n) is 9.78. The summed E-state index contributed by atoms with van der Waals surface area (Å²) in [4.78, 5) is 16.8. The third kappa shape index (κ3) is 4.81. The van der Waals surface area contributed by atoms with Crippen LogP contribution in [0.1, 0.15) is 12.5 Å². The molecule has 9 heteroatoms. The Balaban J connectivity index is 1.63. The molecule has 162 valence electrons. The van der Waals surface area contributed by atoms with Gasteiger partial charge in [0, 0.05) is 28.7 Å². The number of carbonyl (C=O) groups is 1. The number of rotatable bonds is 6. The summed E-state index contributed by atoms with van der Waals surface area (Å²) in [6.07, 6.45) is 3.38. The van der Waals surface area contributed by atoms with E-state index in [1.807, 2.05) is 47.9 Å². The summed E-state index contributed by atoms with van der Waals surface area (Å²) >= 11 is 7.02. The summed E-state index contributed by atoms with van der Waals surface area (Å²) in [6, 6.07) is 15.8. The monoisotopic (exact) mass is 467 g/mol. The van der Waals surface area contributed by atoms with Gasteiger partial charge < -0.3 is 5.32 Å². The molecule has 1 atom stereocenters. The average molecular weight is 468 g/mol. The van der Waals surface area contributed by atoms with Gasteiger partial charge >= 0.3 is 0 Å². The molecule has 0 aliphatic rings. The fraction of sp³-hybridized carbons (Fsp3) is 0.130. The lowest BCUT2D eigenvalue weighted by atomic mass is 10.2. The summed E-state index contributed by atoms with van der Waals surface area (Å²) in [6.45, 7) is 3.74. The van der Waals surface area contributed by atoms with Crippen LogP contribution in [0.15, 0.2) is 72.1 Å². The maximum Gasteiger partial charge on any atom is 0.237 e. The summed E-state index contributed by atoms with van der Waals surface area (Å²) in [5.74, 6) is -0.318. The molecular weight excluding hydrogens is 449 g/mol. The number of nitrogens with one attached hydrogen (secondary N) is 1. The second-order valence-corrected chi connectivity index (χ2v) is 8.83. The number of thioether (sulfide) groups is 1. The highest BCUT2D eigenvalue weighted by Crippen LogP contribution is 2.31. The molecule has 0 fully saturated rings. The van der Waals surface area contributed by atoms with Crippen molar-refractivity contribution in [3.63, 3.8) is 0 Å². The molecule has 0 aliphatic heterocycles. The Labute approximate surface area is 193 Å². The number of pyridine rings is 1. The first-order chi connectivity index (χ1) is 15.4. The number of aromatic nitrogens is 4. The molecule has 2 aromatic carbocycles. The van der Waals surface area contributed by atoms with E-state index in [1.54, 1.807) is 19.3 Å². The standard InChI is InChI=1S/C23H19ClFN5OS/c1-14-3-6-18(7-4-14)30-21(16-9-11-26-12-10-16)28-29-23(30)32-15(2)22(31)27-20-8-5-17(24)13-19(20)25/h3-13,15H,1-2H3,(H,27,31). The third-order valence-corrected chi connectivity index (χ3v) is 5.98. The topological polar surface area (TPSA) is 72.7 Å². The summed E-state index contributed by atoms with van der Waals surface area (Å²) < 4.78 is 16.0. The Morgan fingerprint density at radius 1 is 1.09 bits per heavy atom. The minimum absolute atomic E-state index is 0.0735. The van der Waals surface area contributed by atoms with Crippen molar-refractivity contribution in [2.75, 3.05) is 5.32 Å². The Bertz CT molecular complexity index is 1250. The Morgan fingerprint density at radius 3 is 2.50 bits per heavy atom. The highest BCUT2D eigenvalue weighted by atomic mass is 35.5. The molecule has 2 heterocycles. The normalized spacial score (nSPS) is 11.9. The van der Waals surface area contributed by atoms with E-state index < -0.39 is 11.1 Å². The van der Waals surface area contributed by atoms with Crippen LogP contribution in [0.3, 0.4) is 0 Å². The number of aryl methyl sites for hydroxylation is 1. The van der Waals surface area contributed by atoms with E-state index in [-0.39, 0.29) is 16.6 Å². The van der Waals surface area contributed by atoms with Crippen LogP contribution in [0, 0.1) is 12.7 Å². The Hall–Kier alpha value is -3.23. The molecule has 32 heavy (non-hydrogen) atoms. The maximum absolute atomic E-state index is 14.1. The lowest BCUT2D eigenvalue weighted by Gasteiger charge is -2.14. The predicted molar refractivity (Wildman–Crippen MR) is 125 cm³/mol. The van der Waals surface area contributed by atoms with Crippen molar-refractivity contribution in [1.82, 2.24) is 19.7 Å². The zero-order chi connectivity index (χ0) is 22.7. The van der Waals surface area contributed by atoms with Gasteiger partial charge in [0.1, 0.15) is 5.82 Å². The van der Waals surface area contributed by atoms with E-state index in [0.717, 1.165) is 22.9 Å². The number of carbonyl (C=O) groups excluding carboxylic acids is 1. The molecule has 0 aliphatic carbocycles. The third-order valence-electron chi connectivity index (χ3n) is 4.70. The van der Waals surface area contributed by atoms with E-state index in [4.69, 9.17) is 11.6 Å². The minimum atomic E-state index is -0.592. The number of hydrogen-bond donors (Lipinski definition) is 1. The zero-order valence-corrected chi connectivity index (χ0v) is 18.9. The highest BCUT2D eigenvalue weighted by molar-refractivity contribution is 8.00. The fourth-order valence-electron chi connectivity index (χ4n) is 3.00. The molecule has 1 N–H and O–H groups in total. The van der Waals surface area contributed by atoms with Gasteiger partial charge in [0.25, 0.3) is 0 Å². The SMILES string of the molecule is Cc1ccc(-n2c(SC(C)C(=O)Nc3ccc(Cl)cc3F)nnc2-c2ccncc2)cc1. The van der Waals surface area contributed by atoms with Gasteiger partial charge in [-0.05, 0) is 56.3 Å². The first kappa shape index (κ1) is 22.0. The van der Waals surface area contributed by atoms with Crippen LogP contribution in [0.25, 0.3) is 17.1 Å². The van der Waals surface area contributed by atoms with E-state index in [0.29, 0.717) is 11.0 Å². The molecule has 0 bridgehead atoms. The van der Waals surface area contributed by atoms with Gasteiger partial charge in [-0.25, -0.2) is 4.39 Å². The van der Waals surface area contributed by atoms with Crippen molar-refractivity contribution in [2.24, 2.45) is 0 Å². The first-order valence-corrected chi connectivity index (χ1v) is 11.0. The molecule has 0 saturated carbocycles. The van der Waals surface area contributed by atoms with Gasteiger partial charge in [-0.3, -0.25) is 14.3 Å². The molecule has 2 aromatic heterocycles. The van der Waals surface area contributed by atoms with Gasteiger partial charge in [0.15, 0.2) is 11.0 Å². The molecule has 0 saturated heterocycles. The van der Waals surface area contributed by atoms with Gasteiger partial charge in [-0.15, -0.1) is 10.2 Å². The van der Waals surface area contributed by atoms with E-state index in [2.05, 4.69) is 20.5 Å². The van der Waals surface area contributed by atoms with Crippen LogP contribution < -0.4 is 5.32 Å². The average Bonchev–Trinajstić information content (AvgIpc) is 3.20. The smallest absolute Gasteiger partial charge is 0.237 e. The molecule has 0 spiro atoms. The fourth-order valence-corrected chi connectivity index (χ4v) is 4.02. The molecule has 4 rings (SSSR count). The van der Waals surface area contributed by atoms with Gasteiger partial charge in [-0.1, -0.05) is 41.1 Å². The predicted octanol–water partition coefficient (Wildman–Crippen LogP) is 5.55. The number of halogens is 2. The highest BCUT2D eigenvalue weighted by Gasteiger charge is 2.22. The van der Waals surface area contributed by atoms with Crippen LogP contribution >= 0.6 is 23.4 Å². The summed E-state index contributed by atoms with van der Waals surface area (Å²) in [7, 11) is 0. The summed E-state index contributed by atoms with van der Waals surface area (Å²) in [5.41, 5.74) is 2.91. The number of hydrogen-bond acceptors (Lipinski definition) is 5. The number of nitrogens with zero attached hydrogens (tertiary/aromatic N) is 4. The largest absolute Gasteiger partial charge is 0.323 e. The van der Waals surface area contributed by atoms with E-state index in [1.165, 1.54) is 23.9 Å². The Morgan fingerprint density at radius 2 is 1.81 bits per heavy atom. The van der Waals surface area contributed by atoms with Gasteiger partial charge in [-0.2, -0.15) is 0 Å². The van der Waals surface area contributed by atoms with Crippen molar-refractivity contribution < 1.29 is 9.18 Å². The lowest BCUT2D eigenvalue weighted by Crippen LogP contribution is -2.23. The molecule has 1 unspecified atom stereocenters. The minimum Gasteiger partial charge on any atom is -0.323 e. The van der Waals surface area contributed by atoms with Crippen LogP contribution in [-0.4, -0.2) is 30.9 Å². The second-order valence-electron chi connectivity index (χ2n) is 7.09. The van der Waals surface area contributed by atoms with Crippen LogP contribution in [-0.2, 0) is 4.79 Å². The second kappa shape index (κ2) is 9.50. The summed E-state index contributed by atoms with van der Waals surface area (Å²) in [5, 5.41) is 11.5. The zero-order valence-electron chi connectivity index (χ0n) is 17.3. The number of anilines is 1. The van der Waals surface area contributed by atoms with Crippen molar-refractivity contribution in [1.29, 1.82) is 0 Å². The molecule has 0 radical (unpaired) electrons. The molecule has 1 amide bonds. The van der Waals surface area contributed by atoms with Crippen LogP contribution in [0.4, 0.5) is 10.1 Å². The van der Waals surface area contributed by atoms with Gasteiger partial charge in [0.2, 0.25) is 5.91 Å². The Kier molecular flexibility index (Phi) is 6.53. The number of benzene rings is 2.